The van der Waals surface area contributed by atoms with Crippen molar-refractivity contribution in [3.05, 3.63) is 36.0 Å². The Labute approximate surface area is 171 Å². The second kappa shape index (κ2) is 9.46. The molecule has 2 aliphatic carbocycles. The number of carbonyl (C=O) groups excluding carboxylic acids is 1. The van der Waals surface area contributed by atoms with Crippen molar-refractivity contribution in [1.82, 2.24) is 9.88 Å². The molecule has 1 amide bonds. The van der Waals surface area contributed by atoms with Gasteiger partial charge in [0.15, 0.2) is 0 Å². The standard InChI is InChI=1S/C18H22N2O3.C2HF3O2/c21-18(13-5-1-2-6-13)20-11-12-22-17-14(20)8-9-15(17)23-16-7-3-4-10-19-16;3-2(4,5)1(6)7/h3-5,7,10,14-15,17H,1-2,6,8-9,11-12H2;(H,6,7)/t14-,15+,17+;/m0./s1. The molecule has 7 nitrogen and oxygen atoms in total. The summed E-state index contributed by atoms with van der Waals surface area (Å²) in [6.45, 7) is 1.27. The first kappa shape index (κ1) is 22.1. The van der Waals surface area contributed by atoms with Crippen LogP contribution in [-0.4, -0.2) is 64.4 Å². The summed E-state index contributed by atoms with van der Waals surface area (Å²) >= 11 is 0. The predicted molar refractivity (Wildman–Crippen MR) is 98.8 cm³/mol. The van der Waals surface area contributed by atoms with Crippen molar-refractivity contribution in [2.45, 2.75) is 56.5 Å². The number of aliphatic carboxylic acids is 1. The van der Waals surface area contributed by atoms with Gasteiger partial charge in [-0.05, 0) is 38.2 Å². The van der Waals surface area contributed by atoms with Gasteiger partial charge in [-0.3, -0.25) is 4.79 Å². The fourth-order valence-electron chi connectivity index (χ4n) is 3.92. The lowest BCUT2D eigenvalue weighted by Crippen LogP contribution is -2.54. The van der Waals surface area contributed by atoms with Gasteiger partial charge in [-0.1, -0.05) is 12.1 Å². The molecule has 1 aromatic rings. The van der Waals surface area contributed by atoms with Crippen LogP contribution in [0.15, 0.2) is 36.0 Å². The van der Waals surface area contributed by atoms with E-state index in [0.29, 0.717) is 19.0 Å². The Morgan fingerprint density at radius 3 is 2.63 bits per heavy atom. The molecular weight excluding hydrogens is 405 g/mol. The molecule has 1 saturated carbocycles. The minimum absolute atomic E-state index is 0.0249. The molecule has 1 N–H and O–H groups in total. The number of hydrogen-bond donors (Lipinski definition) is 1. The third kappa shape index (κ3) is 5.29. The highest BCUT2D eigenvalue weighted by Crippen LogP contribution is 2.34. The summed E-state index contributed by atoms with van der Waals surface area (Å²) in [5, 5.41) is 7.12. The maximum Gasteiger partial charge on any atom is 0.490 e. The van der Waals surface area contributed by atoms with Crippen LogP contribution in [0.25, 0.3) is 0 Å². The number of morpholine rings is 1. The molecular formula is C20H23F3N2O5. The lowest BCUT2D eigenvalue weighted by molar-refractivity contribution is -0.192. The fraction of sp³-hybridized carbons (Fsp3) is 0.550. The number of hydrogen-bond acceptors (Lipinski definition) is 5. The van der Waals surface area contributed by atoms with E-state index in [0.717, 1.165) is 37.7 Å². The third-order valence-corrected chi connectivity index (χ3v) is 5.26. The molecule has 0 spiro atoms. The van der Waals surface area contributed by atoms with Crippen molar-refractivity contribution in [3.63, 3.8) is 0 Å². The number of rotatable bonds is 3. The number of amides is 1. The van der Waals surface area contributed by atoms with Crippen molar-refractivity contribution in [2.24, 2.45) is 0 Å². The van der Waals surface area contributed by atoms with Crippen LogP contribution in [-0.2, 0) is 14.3 Å². The number of allylic oxidation sites excluding steroid dienone is 1. The second-order valence-electron chi connectivity index (χ2n) is 7.23. The summed E-state index contributed by atoms with van der Waals surface area (Å²) in [6, 6.07) is 5.78. The molecule has 4 rings (SSSR count). The summed E-state index contributed by atoms with van der Waals surface area (Å²) in [5.41, 5.74) is 0.986. The monoisotopic (exact) mass is 428 g/mol. The summed E-state index contributed by atoms with van der Waals surface area (Å²) < 4.78 is 43.7. The number of nitrogens with zero attached hydrogens (tertiary/aromatic N) is 2. The molecule has 3 aliphatic rings. The first-order valence-electron chi connectivity index (χ1n) is 9.77. The zero-order chi connectivity index (χ0) is 21.7. The number of carboxylic acid groups (broad SMARTS) is 1. The first-order valence-corrected chi connectivity index (χ1v) is 9.77. The first-order chi connectivity index (χ1) is 14.3. The van der Waals surface area contributed by atoms with Crippen molar-refractivity contribution in [2.75, 3.05) is 13.2 Å². The zero-order valence-corrected chi connectivity index (χ0v) is 16.2. The molecule has 3 atom stereocenters. The molecule has 10 heteroatoms. The number of fused-ring (bicyclic) bond motifs is 1. The normalized spacial score (nSPS) is 25.6. The van der Waals surface area contributed by atoms with Crippen LogP contribution in [0.3, 0.4) is 0 Å². The van der Waals surface area contributed by atoms with Crippen LogP contribution in [0.5, 0.6) is 5.88 Å². The van der Waals surface area contributed by atoms with E-state index in [9.17, 15) is 18.0 Å². The second-order valence-corrected chi connectivity index (χ2v) is 7.23. The number of carbonyl (C=O) groups is 2. The Morgan fingerprint density at radius 2 is 2.03 bits per heavy atom. The lowest BCUT2D eigenvalue weighted by Gasteiger charge is -2.39. The van der Waals surface area contributed by atoms with E-state index in [1.807, 2.05) is 23.1 Å². The third-order valence-electron chi connectivity index (χ3n) is 5.26. The Balaban J connectivity index is 0.000000318. The van der Waals surface area contributed by atoms with Gasteiger partial charge < -0.3 is 19.5 Å². The summed E-state index contributed by atoms with van der Waals surface area (Å²) in [5.74, 6) is -1.92. The Kier molecular flexibility index (Phi) is 6.96. The molecule has 1 saturated heterocycles. The SMILES string of the molecule is O=C(C1=CCCC1)N1CCO[C@H]2[C@H](Oc3ccccn3)CC[C@@H]21.O=C(O)C(F)(F)F. The highest BCUT2D eigenvalue weighted by Gasteiger charge is 2.46. The molecule has 2 fully saturated rings. The molecule has 2 heterocycles. The van der Waals surface area contributed by atoms with Gasteiger partial charge in [-0.2, -0.15) is 13.2 Å². The van der Waals surface area contributed by atoms with E-state index in [4.69, 9.17) is 19.4 Å². The molecule has 0 aromatic carbocycles. The van der Waals surface area contributed by atoms with Gasteiger partial charge in [0.25, 0.3) is 0 Å². The zero-order valence-electron chi connectivity index (χ0n) is 16.2. The van der Waals surface area contributed by atoms with E-state index in [1.54, 1.807) is 6.20 Å². The summed E-state index contributed by atoms with van der Waals surface area (Å²) in [4.78, 5) is 27.9. The van der Waals surface area contributed by atoms with Crippen LogP contribution < -0.4 is 4.74 Å². The van der Waals surface area contributed by atoms with E-state index in [2.05, 4.69) is 11.1 Å². The van der Waals surface area contributed by atoms with E-state index in [-0.39, 0.29) is 24.2 Å². The Hall–Kier alpha value is -2.62. The van der Waals surface area contributed by atoms with Gasteiger partial charge >= 0.3 is 12.1 Å². The predicted octanol–water partition coefficient (Wildman–Crippen LogP) is 2.96. The van der Waals surface area contributed by atoms with Crippen LogP contribution >= 0.6 is 0 Å². The quantitative estimate of drug-likeness (QED) is 0.796. The highest BCUT2D eigenvalue weighted by atomic mass is 19.4. The molecule has 1 aliphatic heterocycles. The van der Waals surface area contributed by atoms with Crippen LogP contribution in [0.4, 0.5) is 13.2 Å². The molecule has 0 bridgehead atoms. The Bertz CT molecular complexity index is 784. The minimum Gasteiger partial charge on any atom is -0.475 e. The van der Waals surface area contributed by atoms with Crippen LogP contribution in [0, 0.1) is 0 Å². The molecule has 0 unspecified atom stereocenters. The lowest BCUT2D eigenvalue weighted by atomic mass is 10.1. The smallest absolute Gasteiger partial charge is 0.475 e. The molecule has 0 radical (unpaired) electrons. The van der Waals surface area contributed by atoms with Gasteiger partial charge in [-0.25, -0.2) is 9.78 Å². The number of alkyl halides is 3. The number of halogens is 3. The largest absolute Gasteiger partial charge is 0.490 e. The molecule has 1 aromatic heterocycles. The number of carboxylic acids is 1. The topological polar surface area (TPSA) is 89.0 Å². The number of pyridine rings is 1. The summed E-state index contributed by atoms with van der Waals surface area (Å²) in [7, 11) is 0. The van der Waals surface area contributed by atoms with Gasteiger partial charge in [0.2, 0.25) is 11.8 Å². The van der Waals surface area contributed by atoms with E-state index >= 15 is 0 Å². The van der Waals surface area contributed by atoms with Crippen LogP contribution in [0.1, 0.15) is 32.1 Å². The van der Waals surface area contributed by atoms with Crippen molar-refractivity contribution in [1.29, 1.82) is 0 Å². The van der Waals surface area contributed by atoms with E-state index < -0.39 is 12.1 Å². The summed E-state index contributed by atoms with van der Waals surface area (Å²) in [6.07, 6.45) is 3.56. The van der Waals surface area contributed by atoms with E-state index in [1.165, 1.54) is 0 Å². The van der Waals surface area contributed by atoms with Crippen molar-refractivity contribution >= 4 is 11.9 Å². The molecule has 30 heavy (non-hydrogen) atoms. The Morgan fingerprint density at radius 1 is 1.27 bits per heavy atom. The maximum atomic E-state index is 12.8. The number of aromatic nitrogens is 1. The average Bonchev–Trinajstić information content (AvgIpc) is 3.38. The van der Waals surface area contributed by atoms with Gasteiger partial charge in [0.05, 0.1) is 12.6 Å². The van der Waals surface area contributed by atoms with Crippen molar-refractivity contribution < 1.29 is 37.3 Å². The molecule has 164 valence electrons. The van der Waals surface area contributed by atoms with Gasteiger partial charge in [0.1, 0.15) is 12.2 Å². The minimum atomic E-state index is -5.08. The average molecular weight is 428 g/mol. The van der Waals surface area contributed by atoms with Crippen molar-refractivity contribution in [3.8, 4) is 5.88 Å². The highest BCUT2D eigenvalue weighted by molar-refractivity contribution is 5.94. The van der Waals surface area contributed by atoms with Gasteiger partial charge in [-0.15, -0.1) is 0 Å². The maximum absolute atomic E-state index is 12.8. The van der Waals surface area contributed by atoms with Gasteiger partial charge in [0, 0.05) is 24.4 Å². The fourth-order valence-corrected chi connectivity index (χ4v) is 3.92. The number of ether oxygens (including phenoxy) is 2. The van der Waals surface area contributed by atoms with Crippen LogP contribution in [0.2, 0.25) is 0 Å².